The predicted molar refractivity (Wildman–Crippen MR) is 76.4 cm³/mol. The molecule has 0 saturated heterocycles. The highest BCUT2D eigenvalue weighted by atomic mass is 35.5. The summed E-state index contributed by atoms with van der Waals surface area (Å²) in [7, 11) is 0. The molecule has 1 heterocycles. The smallest absolute Gasteiger partial charge is 0.226 e. The molecule has 19 heavy (non-hydrogen) atoms. The average molecular weight is 278 g/mol. The Bertz CT molecular complexity index is 592. The number of aromatic nitrogens is 2. The number of carbonyl (C=O) groups excluding carboxylic acids is 1. The van der Waals surface area contributed by atoms with Gasteiger partial charge in [0.25, 0.3) is 0 Å². The molecule has 100 valence electrons. The van der Waals surface area contributed by atoms with Gasteiger partial charge in [0.15, 0.2) is 0 Å². The Morgan fingerprint density at radius 3 is 2.89 bits per heavy atom. The second-order valence-electron chi connectivity index (χ2n) is 4.54. The number of hydrogen-bond acceptors (Lipinski definition) is 2. The molecule has 0 fully saturated rings. The zero-order valence-corrected chi connectivity index (χ0v) is 11.7. The first-order valence-corrected chi connectivity index (χ1v) is 6.47. The summed E-state index contributed by atoms with van der Waals surface area (Å²) in [4.78, 5) is 11.9. The lowest BCUT2D eigenvalue weighted by Crippen LogP contribution is -2.15. The molecule has 0 saturated carbocycles. The lowest BCUT2D eigenvalue weighted by molar-refractivity contribution is -0.116. The van der Waals surface area contributed by atoms with Crippen molar-refractivity contribution in [3.8, 4) is 0 Å². The summed E-state index contributed by atoms with van der Waals surface area (Å²) in [5.41, 5.74) is 3.05. The second kappa shape index (κ2) is 5.89. The summed E-state index contributed by atoms with van der Waals surface area (Å²) in [5.74, 6) is -0.0275. The number of hydrogen-bond donors (Lipinski definition) is 1. The van der Waals surface area contributed by atoms with Gasteiger partial charge in [-0.2, -0.15) is 5.10 Å². The normalized spacial score (nSPS) is 10.5. The molecule has 1 amide bonds. The molecule has 1 N–H and O–H groups in total. The van der Waals surface area contributed by atoms with E-state index in [1.807, 2.05) is 32.0 Å². The number of benzene rings is 1. The maximum atomic E-state index is 11.9. The molecular weight excluding hydrogens is 262 g/mol. The molecular formula is C14H16ClN3O. The van der Waals surface area contributed by atoms with E-state index in [1.54, 1.807) is 17.1 Å². The van der Waals surface area contributed by atoms with E-state index < -0.39 is 0 Å². The minimum atomic E-state index is -0.0275. The van der Waals surface area contributed by atoms with Crippen molar-refractivity contribution in [1.82, 2.24) is 9.78 Å². The summed E-state index contributed by atoms with van der Waals surface area (Å²) >= 11 is 5.76. The maximum absolute atomic E-state index is 11.9. The van der Waals surface area contributed by atoms with E-state index in [9.17, 15) is 4.79 Å². The lowest BCUT2D eigenvalue weighted by Gasteiger charge is -2.09. The van der Waals surface area contributed by atoms with Crippen LogP contribution in [0.1, 0.15) is 17.5 Å². The van der Waals surface area contributed by atoms with Crippen molar-refractivity contribution in [3.63, 3.8) is 0 Å². The largest absolute Gasteiger partial charge is 0.326 e. The van der Waals surface area contributed by atoms with Crippen LogP contribution in [0.25, 0.3) is 0 Å². The first kappa shape index (κ1) is 13.6. The highest BCUT2D eigenvalue weighted by Crippen LogP contribution is 2.16. The number of nitrogens with zero attached hydrogens (tertiary/aromatic N) is 2. The van der Waals surface area contributed by atoms with Crippen LogP contribution in [0.3, 0.4) is 0 Å². The van der Waals surface area contributed by atoms with E-state index in [0.29, 0.717) is 18.0 Å². The van der Waals surface area contributed by atoms with Gasteiger partial charge in [-0.3, -0.25) is 9.48 Å². The van der Waals surface area contributed by atoms with Gasteiger partial charge in [-0.25, -0.2) is 0 Å². The van der Waals surface area contributed by atoms with Gasteiger partial charge >= 0.3 is 0 Å². The van der Waals surface area contributed by atoms with Crippen molar-refractivity contribution < 1.29 is 4.79 Å². The second-order valence-corrected chi connectivity index (χ2v) is 4.97. The van der Waals surface area contributed by atoms with Crippen molar-refractivity contribution >= 4 is 23.2 Å². The third-order valence-corrected chi connectivity index (χ3v) is 3.03. The molecule has 0 aliphatic heterocycles. The van der Waals surface area contributed by atoms with Crippen LogP contribution in [0, 0.1) is 13.8 Å². The van der Waals surface area contributed by atoms with Crippen molar-refractivity contribution in [2.75, 3.05) is 5.32 Å². The Labute approximate surface area is 117 Å². The van der Waals surface area contributed by atoms with Crippen molar-refractivity contribution in [2.45, 2.75) is 26.8 Å². The van der Waals surface area contributed by atoms with Gasteiger partial charge < -0.3 is 5.32 Å². The number of aryl methyl sites for hydroxylation is 3. The van der Waals surface area contributed by atoms with E-state index >= 15 is 0 Å². The minimum Gasteiger partial charge on any atom is -0.326 e. The minimum absolute atomic E-state index is 0.0275. The van der Waals surface area contributed by atoms with Crippen LogP contribution in [0.4, 0.5) is 5.69 Å². The molecule has 1 aromatic heterocycles. The van der Waals surface area contributed by atoms with Gasteiger partial charge in [0.2, 0.25) is 5.91 Å². The Morgan fingerprint density at radius 1 is 1.42 bits per heavy atom. The molecule has 0 bridgehead atoms. The average Bonchev–Trinajstić information content (AvgIpc) is 2.77. The van der Waals surface area contributed by atoms with Crippen LogP contribution in [-0.4, -0.2) is 15.7 Å². The topological polar surface area (TPSA) is 46.9 Å². The molecule has 0 spiro atoms. The highest BCUT2D eigenvalue weighted by Gasteiger charge is 2.06. The fraction of sp³-hybridized carbons (Fsp3) is 0.286. The standard InChI is InChI=1S/C14H16ClN3O/c1-10-3-4-11(2)13(7-10)17-14(19)5-6-18-9-12(15)8-16-18/h3-4,7-9H,5-6H2,1-2H3,(H,17,19). The van der Waals surface area contributed by atoms with Crippen LogP contribution in [0.2, 0.25) is 5.02 Å². The zero-order chi connectivity index (χ0) is 13.8. The molecule has 0 aliphatic rings. The van der Waals surface area contributed by atoms with Crippen molar-refractivity contribution in [2.24, 2.45) is 0 Å². The summed E-state index contributed by atoms with van der Waals surface area (Å²) in [5, 5.41) is 7.52. The van der Waals surface area contributed by atoms with Gasteiger partial charge in [-0.05, 0) is 31.0 Å². The third-order valence-electron chi connectivity index (χ3n) is 2.84. The number of amides is 1. The summed E-state index contributed by atoms with van der Waals surface area (Å²) in [6, 6.07) is 5.99. The van der Waals surface area contributed by atoms with Crippen LogP contribution in [-0.2, 0) is 11.3 Å². The quantitative estimate of drug-likeness (QED) is 0.933. The zero-order valence-electron chi connectivity index (χ0n) is 11.0. The van der Waals surface area contributed by atoms with Crippen LogP contribution >= 0.6 is 11.6 Å². The van der Waals surface area contributed by atoms with Crippen LogP contribution < -0.4 is 5.32 Å². The fourth-order valence-corrected chi connectivity index (χ4v) is 1.92. The van der Waals surface area contributed by atoms with Crippen molar-refractivity contribution in [1.29, 1.82) is 0 Å². The van der Waals surface area contributed by atoms with Gasteiger partial charge in [-0.15, -0.1) is 0 Å². The molecule has 0 aliphatic carbocycles. The van der Waals surface area contributed by atoms with Gasteiger partial charge in [0.1, 0.15) is 0 Å². The molecule has 0 atom stereocenters. The first-order chi connectivity index (χ1) is 9.04. The molecule has 0 radical (unpaired) electrons. The van der Waals surface area contributed by atoms with Gasteiger partial charge in [0, 0.05) is 24.8 Å². The molecule has 0 unspecified atom stereocenters. The number of nitrogens with one attached hydrogen (secondary N) is 1. The Kier molecular flexibility index (Phi) is 4.22. The van der Waals surface area contributed by atoms with E-state index in [2.05, 4.69) is 10.4 Å². The Hall–Kier alpha value is -1.81. The van der Waals surface area contributed by atoms with E-state index in [0.717, 1.165) is 16.8 Å². The monoisotopic (exact) mass is 277 g/mol. The Balaban J connectivity index is 1.92. The lowest BCUT2D eigenvalue weighted by atomic mass is 10.1. The number of halogens is 1. The van der Waals surface area contributed by atoms with Gasteiger partial charge in [-0.1, -0.05) is 23.7 Å². The van der Waals surface area contributed by atoms with Crippen molar-refractivity contribution in [3.05, 3.63) is 46.7 Å². The first-order valence-electron chi connectivity index (χ1n) is 6.09. The predicted octanol–water partition coefficient (Wildman–Crippen LogP) is 3.18. The molecule has 2 aromatic rings. The molecule has 5 heteroatoms. The van der Waals surface area contributed by atoms with Crippen LogP contribution in [0.5, 0.6) is 0 Å². The SMILES string of the molecule is Cc1ccc(C)c(NC(=O)CCn2cc(Cl)cn2)c1. The summed E-state index contributed by atoms with van der Waals surface area (Å²) in [6.07, 6.45) is 3.63. The summed E-state index contributed by atoms with van der Waals surface area (Å²) < 4.78 is 1.66. The molecule has 4 nitrogen and oxygen atoms in total. The van der Waals surface area contributed by atoms with E-state index in [4.69, 9.17) is 11.6 Å². The van der Waals surface area contributed by atoms with E-state index in [-0.39, 0.29) is 5.91 Å². The molecule has 1 aromatic carbocycles. The summed E-state index contributed by atoms with van der Waals surface area (Å²) in [6.45, 7) is 4.49. The van der Waals surface area contributed by atoms with E-state index in [1.165, 1.54) is 0 Å². The fourth-order valence-electron chi connectivity index (χ4n) is 1.76. The Morgan fingerprint density at radius 2 is 2.21 bits per heavy atom. The van der Waals surface area contributed by atoms with Gasteiger partial charge in [0.05, 0.1) is 11.2 Å². The number of carbonyl (C=O) groups is 1. The molecule has 2 rings (SSSR count). The maximum Gasteiger partial charge on any atom is 0.226 e. The highest BCUT2D eigenvalue weighted by molar-refractivity contribution is 6.30. The number of anilines is 1. The third kappa shape index (κ3) is 3.83. The van der Waals surface area contributed by atoms with Crippen LogP contribution in [0.15, 0.2) is 30.6 Å². The number of rotatable bonds is 4.